The van der Waals surface area contributed by atoms with Crippen molar-refractivity contribution in [1.29, 1.82) is 0 Å². The Bertz CT molecular complexity index is 614. The van der Waals surface area contributed by atoms with Crippen LogP contribution >= 0.6 is 15.9 Å². The molecule has 0 saturated carbocycles. The van der Waals surface area contributed by atoms with Crippen LogP contribution in [0.3, 0.4) is 0 Å². The average Bonchev–Trinajstić information content (AvgIpc) is 2.40. The van der Waals surface area contributed by atoms with Crippen LogP contribution in [0.1, 0.15) is 11.1 Å². The molecule has 0 spiro atoms. The van der Waals surface area contributed by atoms with Crippen molar-refractivity contribution in [1.82, 2.24) is 0 Å². The second-order valence-electron chi connectivity index (χ2n) is 4.24. The molecule has 19 heavy (non-hydrogen) atoms. The largest absolute Gasteiger partial charge is 0.381 e. The molecule has 98 valence electrons. The Kier molecular flexibility index (Phi) is 4.16. The number of hydrogen-bond donors (Lipinski definition) is 1. The number of nitro benzene ring substituents is 1. The Morgan fingerprint density at radius 2 is 2.05 bits per heavy atom. The van der Waals surface area contributed by atoms with Crippen molar-refractivity contribution in [3.05, 3.63) is 68.2 Å². The summed E-state index contributed by atoms with van der Waals surface area (Å²) in [5.41, 5.74) is 3.14. The summed E-state index contributed by atoms with van der Waals surface area (Å²) < 4.78 is 1.04. The maximum atomic E-state index is 10.7. The summed E-state index contributed by atoms with van der Waals surface area (Å²) >= 11 is 3.47. The van der Waals surface area contributed by atoms with Crippen LogP contribution < -0.4 is 5.32 Å². The molecule has 2 aromatic carbocycles. The second kappa shape index (κ2) is 5.84. The van der Waals surface area contributed by atoms with Crippen molar-refractivity contribution in [3.8, 4) is 0 Å². The lowest BCUT2D eigenvalue weighted by molar-refractivity contribution is -0.384. The van der Waals surface area contributed by atoms with Crippen molar-refractivity contribution < 1.29 is 4.92 Å². The number of halogens is 1. The SMILES string of the molecule is Cc1ccc(NCc2cccc([N+](=O)[O-])c2)cc1Br. The van der Waals surface area contributed by atoms with Gasteiger partial charge in [-0.05, 0) is 30.2 Å². The van der Waals surface area contributed by atoms with Crippen LogP contribution in [-0.4, -0.2) is 4.92 Å². The molecule has 0 aliphatic rings. The molecule has 0 amide bonds. The van der Waals surface area contributed by atoms with E-state index in [1.54, 1.807) is 12.1 Å². The van der Waals surface area contributed by atoms with E-state index >= 15 is 0 Å². The summed E-state index contributed by atoms with van der Waals surface area (Å²) in [6.07, 6.45) is 0. The van der Waals surface area contributed by atoms with Crippen LogP contribution in [0.25, 0.3) is 0 Å². The van der Waals surface area contributed by atoms with Crippen LogP contribution in [-0.2, 0) is 6.54 Å². The number of non-ortho nitro benzene ring substituents is 1. The predicted molar refractivity (Wildman–Crippen MR) is 79.3 cm³/mol. The number of anilines is 1. The zero-order chi connectivity index (χ0) is 13.8. The van der Waals surface area contributed by atoms with Gasteiger partial charge in [-0.2, -0.15) is 0 Å². The zero-order valence-electron chi connectivity index (χ0n) is 10.4. The van der Waals surface area contributed by atoms with Crippen LogP contribution in [0.5, 0.6) is 0 Å². The van der Waals surface area contributed by atoms with E-state index in [0.29, 0.717) is 6.54 Å². The Balaban J connectivity index is 2.07. The van der Waals surface area contributed by atoms with E-state index in [9.17, 15) is 10.1 Å². The van der Waals surface area contributed by atoms with Gasteiger partial charge in [-0.3, -0.25) is 10.1 Å². The van der Waals surface area contributed by atoms with Crippen LogP contribution in [0, 0.1) is 17.0 Å². The highest BCUT2D eigenvalue weighted by Gasteiger charge is 2.05. The molecule has 1 N–H and O–H groups in total. The van der Waals surface area contributed by atoms with E-state index in [4.69, 9.17) is 0 Å². The molecule has 0 unspecified atom stereocenters. The topological polar surface area (TPSA) is 55.2 Å². The van der Waals surface area contributed by atoms with Gasteiger partial charge in [-0.1, -0.05) is 34.1 Å². The fourth-order valence-electron chi connectivity index (χ4n) is 1.69. The lowest BCUT2D eigenvalue weighted by Gasteiger charge is -2.08. The van der Waals surface area contributed by atoms with Gasteiger partial charge in [0.15, 0.2) is 0 Å². The van der Waals surface area contributed by atoms with Gasteiger partial charge in [0.05, 0.1) is 4.92 Å². The highest BCUT2D eigenvalue weighted by molar-refractivity contribution is 9.10. The molecule has 0 saturated heterocycles. The van der Waals surface area contributed by atoms with E-state index in [0.717, 1.165) is 15.7 Å². The molecule has 0 aromatic heterocycles. The molecule has 0 fully saturated rings. The van der Waals surface area contributed by atoms with Crippen molar-refractivity contribution in [3.63, 3.8) is 0 Å². The molecular formula is C14H13BrN2O2. The average molecular weight is 321 g/mol. The maximum Gasteiger partial charge on any atom is 0.269 e. The molecule has 0 atom stereocenters. The molecule has 0 radical (unpaired) electrons. The van der Waals surface area contributed by atoms with Crippen molar-refractivity contribution in [2.45, 2.75) is 13.5 Å². The standard InChI is InChI=1S/C14H13BrN2O2/c1-10-5-6-12(8-14(10)15)16-9-11-3-2-4-13(7-11)17(18)19/h2-8,16H,9H2,1H3. The van der Waals surface area contributed by atoms with Gasteiger partial charge in [-0.15, -0.1) is 0 Å². The molecule has 5 heteroatoms. The number of benzene rings is 2. The minimum atomic E-state index is -0.383. The van der Waals surface area contributed by atoms with E-state index in [-0.39, 0.29) is 10.6 Å². The van der Waals surface area contributed by atoms with Gasteiger partial charge in [0, 0.05) is 28.8 Å². The summed E-state index contributed by atoms with van der Waals surface area (Å²) in [6, 6.07) is 12.6. The van der Waals surface area contributed by atoms with Gasteiger partial charge in [0.2, 0.25) is 0 Å². The number of aryl methyl sites for hydroxylation is 1. The molecule has 0 aliphatic carbocycles. The highest BCUT2D eigenvalue weighted by Crippen LogP contribution is 2.21. The summed E-state index contributed by atoms with van der Waals surface area (Å²) in [4.78, 5) is 10.3. The fraction of sp³-hybridized carbons (Fsp3) is 0.143. The van der Waals surface area contributed by atoms with Crippen molar-refractivity contribution >= 4 is 27.3 Å². The number of rotatable bonds is 4. The number of nitrogens with zero attached hydrogens (tertiary/aromatic N) is 1. The number of hydrogen-bond acceptors (Lipinski definition) is 3. The minimum absolute atomic E-state index is 0.115. The maximum absolute atomic E-state index is 10.7. The molecule has 2 rings (SSSR count). The molecule has 0 bridgehead atoms. The third-order valence-corrected chi connectivity index (χ3v) is 3.64. The quantitative estimate of drug-likeness (QED) is 0.675. The smallest absolute Gasteiger partial charge is 0.269 e. The normalized spacial score (nSPS) is 10.2. The first-order chi connectivity index (χ1) is 9.06. The second-order valence-corrected chi connectivity index (χ2v) is 5.10. The van der Waals surface area contributed by atoms with Crippen molar-refractivity contribution in [2.24, 2.45) is 0 Å². The highest BCUT2D eigenvalue weighted by atomic mass is 79.9. The lowest BCUT2D eigenvalue weighted by Crippen LogP contribution is -2.00. The summed E-state index contributed by atoms with van der Waals surface area (Å²) in [5.74, 6) is 0. The van der Waals surface area contributed by atoms with E-state index in [2.05, 4.69) is 21.2 Å². The minimum Gasteiger partial charge on any atom is -0.381 e. The predicted octanol–water partition coefficient (Wildman–Crippen LogP) is 4.28. The van der Waals surface area contributed by atoms with E-state index < -0.39 is 0 Å². The van der Waals surface area contributed by atoms with E-state index in [1.807, 2.05) is 31.2 Å². The van der Waals surface area contributed by atoms with Gasteiger partial charge in [0.25, 0.3) is 5.69 Å². The third kappa shape index (κ3) is 3.54. The Morgan fingerprint density at radius 1 is 1.26 bits per heavy atom. The van der Waals surface area contributed by atoms with Gasteiger partial charge >= 0.3 is 0 Å². The van der Waals surface area contributed by atoms with E-state index in [1.165, 1.54) is 11.6 Å². The molecule has 2 aromatic rings. The summed E-state index contributed by atoms with van der Waals surface area (Å²) in [7, 11) is 0. The Morgan fingerprint density at radius 3 is 2.74 bits per heavy atom. The van der Waals surface area contributed by atoms with Crippen LogP contribution in [0.4, 0.5) is 11.4 Å². The Labute approximate surface area is 119 Å². The van der Waals surface area contributed by atoms with Crippen LogP contribution in [0.15, 0.2) is 46.9 Å². The van der Waals surface area contributed by atoms with Gasteiger partial charge < -0.3 is 5.32 Å². The number of nitrogens with one attached hydrogen (secondary N) is 1. The van der Waals surface area contributed by atoms with Gasteiger partial charge in [-0.25, -0.2) is 0 Å². The molecule has 0 aliphatic heterocycles. The van der Waals surface area contributed by atoms with Crippen LogP contribution in [0.2, 0.25) is 0 Å². The first-order valence-electron chi connectivity index (χ1n) is 5.79. The number of nitro groups is 1. The third-order valence-electron chi connectivity index (χ3n) is 2.79. The monoisotopic (exact) mass is 320 g/mol. The summed E-state index contributed by atoms with van der Waals surface area (Å²) in [5, 5.41) is 13.9. The molecular weight excluding hydrogens is 308 g/mol. The Hall–Kier alpha value is -1.88. The summed E-state index contributed by atoms with van der Waals surface area (Å²) in [6.45, 7) is 2.58. The van der Waals surface area contributed by atoms with Gasteiger partial charge in [0.1, 0.15) is 0 Å². The van der Waals surface area contributed by atoms with Crippen molar-refractivity contribution in [2.75, 3.05) is 5.32 Å². The first-order valence-corrected chi connectivity index (χ1v) is 6.59. The zero-order valence-corrected chi connectivity index (χ0v) is 12.0. The molecule has 4 nitrogen and oxygen atoms in total. The fourth-order valence-corrected chi connectivity index (χ4v) is 2.07. The first kappa shape index (κ1) is 13.5. The molecule has 0 heterocycles. The lowest BCUT2D eigenvalue weighted by atomic mass is 10.2.